The molecule has 0 aliphatic carbocycles. The van der Waals surface area contributed by atoms with Crippen molar-refractivity contribution in [2.75, 3.05) is 36.1 Å². The van der Waals surface area contributed by atoms with Gasteiger partial charge in [0.2, 0.25) is 0 Å². The van der Waals surface area contributed by atoms with E-state index in [4.69, 9.17) is 4.98 Å². The van der Waals surface area contributed by atoms with Crippen LogP contribution in [0.15, 0.2) is 59.5 Å². The number of anilines is 2. The molecular weight excluding hydrogens is 469 g/mol. The standard InChI is InChI=1S/C27H31F3N4S/c1-26(2)18-33(21-10-12-22(13-11-21)35-27(28,29)30)19-34(26)17-20-16-25(32-14-6-3-7-15-32)31-24-9-5-4-8-23(20)24/h4-5,8-13,16H,3,6-7,14-15,17-19H2,1-2H3. The van der Waals surface area contributed by atoms with Crippen LogP contribution >= 0.6 is 11.8 Å². The van der Waals surface area contributed by atoms with E-state index in [-0.39, 0.29) is 22.2 Å². The minimum absolute atomic E-state index is 0.0707. The first-order valence-electron chi connectivity index (χ1n) is 12.2. The minimum atomic E-state index is -4.27. The molecule has 0 bridgehead atoms. The first-order valence-corrected chi connectivity index (χ1v) is 13.0. The maximum Gasteiger partial charge on any atom is 0.446 e. The first-order chi connectivity index (χ1) is 16.7. The highest BCUT2D eigenvalue weighted by molar-refractivity contribution is 8.00. The van der Waals surface area contributed by atoms with Crippen LogP contribution in [-0.4, -0.2) is 47.2 Å². The van der Waals surface area contributed by atoms with Crippen LogP contribution in [0, 0.1) is 0 Å². The Hall–Kier alpha value is -2.45. The summed E-state index contributed by atoms with van der Waals surface area (Å²) in [7, 11) is 0. The smallest absolute Gasteiger partial charge is 0.357 e. The summed E-state index contributed by atoms with van der Waals surface area (Å²) in [6, 6.07) is 17.3. The van der Waals surface area contributed by atoms with Crippen LogP contribution in [0.3, 0.4) is 0 Å². The number of para-hydroxylation sites is 1. The van der Waals surface area contributed by atoms with Crippen LogP contribution in [0.25, 0.3) is 10.9 Å². The van der Waals surface area contributed by atoms with Gasteiger partial charge in [0.15, 0.2) is 0 Å². The molecule has 0 saturated carbocycles. The summed E-state index contributed by atoms with van der Waals surface area (Å²) in [6.45, 7) is 8.88. The van der Waals surface area contributed by atoms with Gasteiger partial charge in [-0.3, -0.25) is 4.90 Å². The number of aromatic nitrogens is 1. The van der Waals surface area contributed by atoms with Crippen molar-refractivity contribution < 1.29 is 13.2 Å². The van der Waals surface area contributed by atoms with Crippen LogP contribution < -0.4 is 9.80 Å². The number of nitrogens with zero attached hydrogens (tertiary/aromatic N) is 4. The Labute approximate surface area is 209 Å². The molecule has 0 N–H and O–H groups in total. The van der Waals surface area contributed by atoms with Gasteiger partial charge in [-0.1, -0.05) is 18.2 Å². The van der Waals surface area contributed by atoms with E-state index < -0.39 is 5.51 Å². The number of hydrogen-bond acceptors (Lipinski definition) is 5. The van der Waals surface area contributed by atoms with Crippen LogP contribution in [0.1, 0.15) is 38.7 Å². The SMILES string of the molecule is CC1(C)CN(c2ccc(SC(F)(F)F)cc2)CN1Cc1cc(N2CCCCC2)nc2ccccc12. The summed E-state index contributed by atoms with van der Waals surface area (Å²) in [5.74, 6) is 1.06. The van der Waals surface area contributed by atoms with Crippen molar-refractivity contribution in [3.63, 3.8) is 0 Å². The molecule has 8 heteroatoms. The quantitative estimate of drug-likeness (QED) is 0.355. The Kier molecular flexibility index (Phi) is 6.61. The molecule has 0 spiro atoms. The Morgan fingerprint density at radius 3 is 2.37 bits per heavy atom. The number of alkyl halides is 3. The lowest BCUT2D eigenvalue weighted by molar-refractivity contribution is -0.0328. The summed E-state index contributed by atoms with van der Waals surface area (Å²) < 4.78 is 38.1. The van der Waals surface area contributed by atoms with Gasteiger partial charge in [-0.05, 0) is 86.8 Å². The van der Waals surface area contributed by atoms with Crippen molar-refractivity contribution in [2.45, 2.75) is 55.6 Å². The highest BCUT2D eigenvalue weighted by Crippen LogP contribution is 2.38. The highest BCUT2D eigenvalue weighted by Gasteiger charge is 2.37. The zero-order valence-corrected chi connectivity index (χ0v) is 21.0. The van der Waals surface area contributed by atoms with Gasteiger partial charge in [-0.25, -0.2) is 4.98 Å². The Balaban J connectivity index is 1.38. The Morgan fingerprint density at radius 2 is 1.66 bits per heavy atom. The zero-order chi connectivity index (χ0) is 24.6. The Bertz CT molecular complexity index is 1170. The summed E-state index contributed by atoms with van der Waals surface area (Å²) in [6.07, 6.45) is 3.70. The van der Waals surface area contributed by atoms with Crippen LogP contribution in [-0.2, 0) is 6.54 Å². The monoisotopic (exact) mass is 500 g/mol. The molecule has 2 aliphatic rings. The second-order valence-corrected chi connectivity index (χ2v) is 11.2. The van der Waals surface area contributed by atoms with Gasteiger partial charge >= 0.3 is 5.51 Å². The van der Waals surface area contributed by atoms with Gasteiger partial charge < -0.3 is 9.80 Å². The van der Waals surface area contributed by atoms with E-state index in [2.05, 4.69) is 52.8 Å². The predicted molar refractivity (Wildman–Crippen MR) is 138 cm³/mol. The molecule has 3 heterocycles. The maximum absolute atomic E-state index is 12.7. The number of hydrogen-bond donors (Lipinski definition) is 0. The summed E-state index contributed by atoms with van der Waals surface area (Å²) in [5, 5.41) is 1.18. The molecule has 2 aromatic carbocycles. The van der Waals surface area contributed by atoms with E-state index in [0.717, 1.165) is 43.2 Å². The summed E-state index contributed by atoms with van der Waals surface area (Å²) >= 11 is -0.0707. The molecular formula is C27H31F3N4S. The van der Waals surface area contributed by atoms with E-state index >= 15 is 0 Å². The fourth-order valence-electron chi connectivity index (χ4n) is 5.16. The highest BCUT2D eigenvalue weighted by atomic mass is 32.2. The molecule has 0 atom stereocenters. The number of benzene rings is 2. The van der Waals surface area contributed by atoms with Crippen molar-refractivity contribution in [1.29, 1.82) is 0 Å². The lowest BCUT2D eigenvalue weighted by Crippen LogP contribution is -2.39. The second kappa shape index (κ2) is 9.54. The van der Waals surface area contributed by atoms with Gasteiger partial charge in [0.05, 0.1) is 12.2 Å². The predicted octanol–water partition coefficient (Wildman–Crippen LogP) is 6.90. The largest absolute Gasteiger partial charge is 0.446 e. The molecule has 2 fully saturated rings. The number of pyridine rings is 1. The van der Waals surface area contributed by atoms with Crippen molar-refractivity contribution >= 4 is 34.2 Å². The zero-order valence-electron chi connectivity index (χ0n) is 20.2. The molecule has 2 saturated heterocycles. The maximum atomic E-state index is 12.7. The van der Waals surface area contributed by atoms with Gasteiger partial charge in [-0.15, -0.1) is 0 Å². The third-order valence-electron chi connectivity index (χ3n) is 7.04. The summed E-state index contributed by atoms with van der Waals surface area (Å²) in [5.41, 5.74) is -1.12. The Morgan fingerprint density at radius 1 is 0.943 bits per heavy atom. The first kappa shape index (κ1) is 24.3. The van der Waals surface area contributed by atoms with Crippen molar-refractivity contribution in [3.8, 4) is 0 Å². The average Bonchev–Trinajstić information content (AvgIpc) is 3.13. The lowest BCUT2D eigenvalue weighted by atomic mass is 10.0. The van der Waals surface area contributed by atoms with Crippen LogP contribution in [0.2, 0.25) is 0 Å². The van der Waals surface area contributed by atoms with Crippen molar-refractivity contribution in [3.05, 3.63) is 60.2 Å². The van der Waals surface area contributed by atoms with Gasteiger partial charge in [0, 0.05) is 47.7 Å². The van der Waals surface area contributed by atoms with Crippen molar-refractivity contribution in [1.82, 2.24) is 9.88 Å². The fraction of sp³-hybridized carbons (Fsp3) is 0.444. The van der Waals surface area contributed by atoms with Gasteiger partial charge in [0.1, 0.15) is 5.82 Å². The second-order valence-electron chi connectivity index (χ2n) is 10.1. The van der Waals surface area contributed by atoms with E-state index in [1.807, 2.05) is 6.07 Å². The molecule has 4 nitrogen and oxygen atoms in total. The van der Waals surface area contributed by atoms with E-state index in [1.54, 1.807) is 24.3 Å². The molecule has 0 radical (unpaired) electrons. The summed E-state index contributed by atoms with van der Waals surface area (Å²) in [4.78, 5) is 12.3. The topological polar surface area (TPSA) is 22.6 Å². The van der Waals surface area contributed by atoms with E-state index in [0.29, 0.717) is 6.67 Å². The average molecular weight is 501 g/mol. The molecule has 0 unspecified atom stereocenters. The molecule has 35 heavy (non-hydrogen) atoms. The fourth-order valence-corrected chi connectivity index (χ4v) is 5.70. The lowest BCUT2D eigenvalue weighted by Gasteiger charge is -2.31. The number of fused-ring (bicyclic) bond motifs is 1. The molecule has 1 aromatic heterocycles. The number of thioether (sulfide) groups is 1. The minimum Gasteiger partial charge on any atom is -0.357 e. The molecule has 3 aromatic rings. The molecule has 2 aliphatic heterocycles. The third kappa shape index (κ3) is 5.54. The molecule has 5 rings (SSSR count). The van der Waals surface area contributed by atoms with Crippen LogP contribution in [0.5, 0.6) is 0 Å². The molecule has 186 valence electrons. The number of rotatable bonds is 5. The van der Waals surface area contributed by atoms with E-state index in [9.17, 15) is 13.2 Å². The molecule has 0 amide bonds. The van der Waals surface area contributed by atoms with Crippen molar-refractivity contribution in [2.24, 2.45) is 0 Å². The third-order valence-corrected chi connectivity index (χ3v) is 7.78. The van der Waals surface area contributed by atoms with E-state index in [1.165, 1.54) is 30.2 Å². The number of halogens is 3. The van der Waals surface area contributed by atoms with Crippen LogP contribution in [0.4, 0.5) is 24.7 Å². The van der Waals surface area contributed by atoms with Gasteiger partial charge in [0.25, 0.3) is 0 Å². The van der Waals surface area contributed by atoms with Gasteiger partial charge in [-0.2, -0.15) is 13.2 Å². The number of piperidine rings is 1. The normalized spacial score (nSPS) is 19.0.